The van der Waals surface area contributed by atoms with E-state index in [2.05, 4.69) is 24.0 Å². The summed E-state index contributed by atoms with van der Waals surface area (Å²) in [6, 6.07) is 4.68. The molecule has 0 bridgehead atoms. The maximum atomic E-state index is 12.5. The molecule has 1 amide bonds. The number of hydrogen-bond donors (Lipinski definition) is 0. The zero-order chi connectivity index (χ0) is 19.1. The van der Waals surface area contributed by atoms with Crippen molar-refractivity contribution >= 4 is 11.9 Å². The molecule has 3 atom stereocenters. The fourth-order valence-corrected chi connectivity index (χ4v) is 3.89. The third kappa shape index (κ3) is 3.80. The summed E-state index contributed by atoms with van der Waals surface area (Å²) >= 11 is 0. The van der Waals surface area contributed by atoms with Crippen LogP contribution in [0.5, 0.6) is 0 Å². The second kappa shape index (κ2) is 7.06. The number of nitrogens with zero attached hydrogens (tertiary/aromatic N) is 3. The number of ether oxygens (including phenoxy) is 2. The van der Waals surface area contributed by atoms with E-state index in [-0.39, 0.29) is 24.3 Å². The molecule has 0 spiro atoms. The van der Waals surface area contributed by atoms with Gasteiger partial charge in [-0.25, -0.2) is 9.78 Å². The SMILES string of the molecule is CCO[C@H](C)c1ccc2c(n1)N1[C@H](C2)CN(C(=O)OC(C)(C)C)C[C@H]1C. The van der Waals surface area contributed by atoms with E-state index < -0.39 is 5.60 Å². The van der Waals surface area contributed by atoms with Gasteiger partial charge in [-0.3, -0.25) is 0 Å². The number of aromatic nitrogens is 1. The maximum absolute atomic E-state index is 12.5. The molecule has 1 aromatic rings. The van der Waals surface area contributed by atoms with E-state index >= 15 is 0 Å². The normalized spacial score (nSPS) is 23.5. The Labute approximate surface area is 156 Å². The Morgan fingerprint density at radius 2 is 2.08 bits per heavy atom. The zero-order valence-electron chi connectivity index (χ0n) is 16.8. The fourth-order valence-electron chi connectivity index (χ4n) is 3.89. The van der Waals surface area contributed by atoms with E-state index in [9.17, 15) is 4.79 Å². The van der Waals surface area contributed by atoms with Crippen molar-refractivity contribution in [1.82, 2.24) is 9.88 Å². The van der Waals surface area contributed by atoms with Crippen LogP contribution in [-0.2, 0) is 15.9 Å². The monoisotopic (exact) mass is 361 g/mol. The third-order valence-electron chi connectivity index (χ3n) is 4.95. The van der Waals surface area contributed by atoms with Crippen molar-refractivity contribution in [1.29, 1.82) is 0 Å². The Morgan fingerprint density at radius 3 is 2.73 bits per heavy atom. The summed E-state index contributed by atoms with van der Waals surface area (Å²) in [5.74, 6) is 1.05. The lowest BCUT2D eigenvalue weighted by Gasteiger charge is -2.43. The number of anilines is 1. The van der Waals surface area contributed by atoms with Crippen molar-refractivity contribution in [2.24, 2.45) is 0 Å². The van der Waals surface area contributed by atoms with Crippen LogP contribution in [0.4, 0.5) is 10.6 Å². The summed E-state index contributed by atoms with van der Waals surface area (Å²) in [6.07, 6.45) is 0.677. The first-order valence-corrected chi connectivity index (χ1v) is 9.57. The molecule has 3 heterocycles. The van der Waals surface area contributed by atoms with E-state index in [0.29, 0.717) is 19.7 Å². The van der Waals surface area contributed by atoms with Gasteiger partial charge in [0.25, 0.3) is 0 Å². The smallest absolute Gasteiger partial charge is 0.410 e. The van der Waals surface area contributed by atoms with Crippen molar-refractivity contribution < 1.29 is 14.3 Å². The second-order valence-corrected chi connectivity index (χ2v) is 8.32. The number of pyridine rings is 1. The lowest BCUT2D eigenvalue weighted by molar-refractivity contribution is 0.0191. The van der Waals surface area contributed by atoms with Crippen LogP contribution in [0.3, 0.4) is 0 Å². The highest BCUT2D eigenvalue weighted by molar-refractivity contribution is 5.69. The van der Waals surface area contributed by atoms with Gasteiger partial charge in [-0.1, -0.05) is 6.07 Å². The molecule has 6 nitrogen and oxygen atoms in total. The second-order valence-electron chi connectivity index (χ2n) is 8.32. The highest BCUT2D eigenvalue weighted by Crippen LogP contribution is 2.36. The molecule has 1 fully saturated rings. The van der Waals surface area contributed by atoms with Gasteiger partial charge < -0.3 is 19.3 Å². The average Bonchev–Trinajstić information content (AvgIpc) is 2.91. The minimum absolute atomic E-state index is 0.0114. The average molecular weight is 361 g/mol. The molecular formula is C20H31N3O3. The predicted molar refractivity (Wildman–Crippen MR) is 102 cm³/mol. The summed E-state index contributed by atoms with van der Waals surface area (Å²) in [6.45, 7) is 13.9. The molecule has 1 saturated heterocycles. The van der Waals surface area contributed by atoms with E-state index in [4.69, 9.17) is 14.5 Å². The number of rotatable bonds is 3. The van der Waals surface area contributed by atoms with Crippen LogP contribution in [0, 0.1) is 0 Å². The van der Waals surface area contributed by atoms with Gasteiger partial charge in [0.15, 0.2) is 0 Å². The van der Waals surface area contributed by atoms with Crippen LogP contribution in [-0.4, -0.2) is 53.4 Å². The maximum Gasteiger partial charge on any atom is 0.410 e. The lowest BCUT2D eigenvalue weighted by atomic mass is 10.1. The highest BCUT2D eigenvalue weighted by atomic mass is 16.6. The van der Waals surface area contributed by atoms with Crippen molar-refractivity contribution in [3.05, 3.63) is 23.4 Å². The van der Waals surface area contributed by atoms with Crippen LogP contribution in [0.1, 0.15) is 58.9 Å². The van der Waals surface area contributed by atoms with Gasteiger partial charge in [-0.15, -0.1) is 0 Å². The molecular weight excluding hydrogens is 330 g/mol. The molecule has 2 aliphatic heterocycles. The summed E-state index contributed by atoms with van der Waals surface area (Å²) < 4.78 is 11.3. The number of amides is 1. The molecule has 26 heavy (non-hydrogen) atoms. The number of hydrogen-bond acceptors (Lipinski definition) is 5. The number of carbonyl (C=O) groups excluding carboxylic acids is 1. The minimum Gasteiger partial charge on any atom is -0.444 e. The number of fused-ring (bicyclic) bond motifs is 3. The number of carbonyl (C=O) groups is 1. The van der Waals surface area contributed by atoms with E-state index in [1.54, 1.807) is 0 Å². The van der Waals surface area contributed by atoms with E-state index in [1.165, 1.54) is 5.56 Å². The third-order valence-corrected chi connectivity index (χ3v) is 4.95. The Kier molecular flexibility index (Phi) is 5.15. The Morgan fingerprint density at radius 1 is 1.35 bits per heavy atom. The van der Waals surface area contributed by atoms with Gasteiger partial charge in [-0.2, -0.15) is 0 Å². The first kappa shape index (κ1) is 19.0. The van der Waals surface area contributed by atoms with Crippen LogP contribution >= 0.6 is 0 Å². The molecule has 0 aliphatic carbocycles. The first-order chi connectivity index (χ1) is 12.2. The van der Waals surface area contributed by atoms with Crippen molar-refractivity contribution in [3.63, 3.8) is 0 Å². The molecule has 3 rings (SSSR count). The molecule has 1 aromatic heterocycles. The molecule has 0 N–H and O–H groups in total. The van der Waals surface area contributed by atoms with Crippen molar-refractivity contribution in [2.75, 3.05) is 24.6 Å². The van der Waals surface area contributed by atoms with Gasteiger partial charge in [0.2, 0.25) is 0 Å². The van der Waals surface area contributed by atoms with Crippen LogP contribution in [0.25, 0.3) is 0 Å². The van der Waals surface area contributed by atoms with Crippen molar-refractivity contribution in [3.8, 4) is 0 Å². The Balaban J connectivity index is 1.77. The molecule has 2 aliphatic rings. The molecule has 0 saturated carbocycles. The summed E-state index contributed by atoms with van der Waals surface area (Å²) in [5.41, 5.74) is 1.75. The summed E-state index contributed by atoms with van der Waals surface area (Å²) in [5, 5.41) is 0. The van der Waals surface area contributed by atoms with Crippen LogP contribution in [0.15, 0.2) is 12.1 Å². The standard InChI is InChI=1S/C20H31N3O3/c1-7-25-14(3)17-9-8-15-10-16-12-22(19(24)26-20(4,5)6)11-13(2)23(16)18(15)21-17/h8-9,13-14,16H,7,10-12H2,1-6H3/t13-,14-,16-/m1/s1. The van der Waals surface area contributed by atoms with Gasteiger partial charge >= 0.3 is 6.09 Å². The van der Waals surface area contributed by atoms with E-state index in [0.717, 1.165) is 17.9 Å². The van der Waals surface area contributed by atoms with Gasteiger partial charge in [0, 0.05) is 25.7 Å². The molecule has 0 unspecified atom stereocenters. The fraction of sp³-hybridized carbons (Fsp3) is 0.700. The molecule has 0 radical (unpaired) electrons. The zero-order valence-corrected chi connectivity index (χ0v) is 16.8. The van der Waals surface area contributed by atoms with Gasteiger partial charge in [0.05, 0.1) is 17.8 Å². The number of piperazine rings is 1. The molecule has 0 aromatic carbocycles. The van der Waals surface area contributed by atoms with Crippen molar-refractivity contribution in [2.45, 2.75) is 71.8 Å². The molecule has 144 valence electrons. The lowest BCUT2D eigenvalue weighted by Crippen LogP contribution is -2.58. The minimum atomic E-state index is -0.470. The predicted octanol–water partition coefficient (Wildman–Crippen LogP) is 3.55. The van der Waals surface area contributed by atoms with E-state index in [1.807, 2.05) is 39.5 Å². The Bertz CT molecular complexity index is 671. The van der Waals surface area contributed by atoms with Gasteiger partial charge in [-0.05, 0) is 59.6 Å². The van der Waals surface area contributed by atoms with Gasteiger partial charge in [0.1, 0.15) is 11.4 Å². The summed E-state index contributed by atoms with van der Waals surface area (Å²) in [7, 11) is 0. The highest BCUT2D eigenvalue weighted by Gasteiger charge is 2.41. The first-order valence-electron chi connectivity index (χ1n) is 9.57. The summed E-state index contributed by atoms with van der Waals surface area (Å²) in [4.78, 5) is 21.6. The topological polar surface area (TPSA) is 54.9 Å². The largest absolute Gasteiger partial charge is 0.444 e. The van der Waals surface area contributed by atoms with Crippen LogP contribution in [0.2, 0.25) is 0 Å². The Hall–Kier alpha value is -1.82. The molecule has 6 heteroatoms. The quantitative estimate of drug-likeness (QED) is 0.824. The van der Waals surface area contributed by atoms with Crippen LogP contribution < -0.4 is 4.90 Å².